The summed E-state index contributed by atoms with van der Waals surface area (Å²) in [4.78, 5) is 0. The minimum Gasteiger partial charge on any atom is -0.0880 e. The van der Waals surface area contributed by atoms with Gasteiger partial charge in [-0.2, -0.15) is 0 Å². The van der Waals surface area contributed by atoms with Crippen LogP contribution >= 0.6 is 0 Å². The Morgan fingerprint density at radius 2 is 0.300 bits per heavy atom. The highest BCUT2D eigenvalue weighted by Crippen LogP contribution is 2.98. The molecule has 0 bridgehead atoms. The monoisotopic (exact) mass is 240 g/mol. The summed E-state index contributed by atoms with van der Waals surface area (Å²) in [6.07, 6.45) is 0. The molecule has 0 aromatic rings. The van der Waals surface area contributed by atoms with Crippen molar-refractivity contribution in [3.63, 3.8) is 0 Å². The summed E-state index contributed by atoms with van der Waals surface area (Å²) in [7, 11) is 0. The molecule has 0 N–H and O–H groups in total. The predicted molar refractivity (Wildman–Crippen MR) is 95.0 cm³/mol. The van der Waals surface area contributed by atoms with Crippen LogP contribution in [0.3, 0.4) is 0 Å². The van der Waals surface area contributed by atoms with E-state index in [2.05, 4.69) is 0 Å². The maximum Gasteiger partial charge on any atom is 0.0686 e. The fraction of sp³-hybridized carbons (Fsp3) is 1.00. The van der Waals surface area contributed by atoms with Crippen LogP contribution in [0.4, 0.5) is 0 Å². The van der Waals surface area contributed by atoms with Crippen molar-refractivity contribution in [2.24, 2.45) is 0 Å². The largest absolute Gasteiger partial charge is 0.0880 e. The van der Waals surface area contributed by atoms with E-state index in [1.807, 2.05) is 0 Å². The van der Waals surface area contributed by atoms with Gasteiger partial charge in [0.2, 0.25) is 0 Å². The van der Waals surface area contributed by atoms with E-state index in [1.54, 1.807) is 0 Å². The van der Waals surface area contributed by atoms with Crippen LogP contribution in [0.1, 0.15) is 0 Å². The molecule has 0 radical (unpaired) electrons. The molecule has 12 rings (SSSR count). The van der Waals surface area contributed by atoms with Gasteiger partial charge in [0.25, 0.3) is 0 Å². The first kappa shape index (κ1) is 8.49. The highest BCUT2D eigenvalue weighted by molar-refractivity contribution is 8.06. The third kappa shape index (κ3) is 0.399. The van der Waals surface area contributed by atoms with Crippen molar-refractivity contribution in [2.75, 3.05) is 0 Å². The van der Waals surface area contributed by atoms with Crippen LogP contribution in [0.5, 0.6) is 0 Å². The maximum absolute atomic E-state index is 1.33. The fourth-order valence-electron chi connectivity index (χ4n) is 15.4. The molecule has 0 nitrogen and oxygen atoms in total. The van der Waals surface area contributed by atoms with E-state index in [0.29, 0.717) is 0 Å². The van der Waals surface area contributed by atoms with Gasteiger partial charge in [-0.1, -0.05) is 58.2 Å². The lowest BCUT2D eigenvalue weighted by Gasteiger charge is -2.31. The van der Waals surface area contributed by atoms with Crippen LogP contribution < -0.4 is 0 Å². The molecule has 12 heterocycles. The summed E-state index contributed by atoms with van der Waals surface area (Å²) in [5.41, 5.74) is 0. The summed E-state index contributed by atoms with van der Waals surface area (Å²) in [6, 6.07) is 0. The van der Waals surface area contributed by atoms with Gasteiger partial charge in [0.05, 0.1) is 64.9 Å². The minimum absolute atomic E-state index is 1.33. The van der Waals surface area contributed by atoms with Crippen molar-refractivity contribution >= 4 is 64.9 Å². The number of hydrogen-bond donors (Lipinski definition) is 0. The molecule has 20 heavy (non-hydrogen) atoms. The Hall–Kier alpha value is 0.649. The standard InChI is InChI=1S/C10H10B10/c1-2-4-6-8-10-9-7-5(15-11(1)14(4)18(8)19(9)15)3(1)13-12(2)16(6)20(10)17(7)13/h1-10H. The highest BCUT2D eigenvalue weighted by atomic mass is 14.6. The third-order valence-electron chi connectivity index (χ3n) is 13.3. The van der Waals surface area contributed by atoms with Gasteiger partial charge in [-0.15, -0.1) is 0 Å². The average Bonchev–Trinajstić information content (AvgIpc) is 3.07. The molecule has 0 unspecified atom stereocenters. The van der Waals surface area contributed by atoms with Crippen molar-refractivity contribution in [1.82, 2.24) is 0 Å². The van der Waals surface area contributed by atoms with Gasteiger partial charge in [-0.05, 0) is 0 Å². The molecule has 0 saturated carbocycles. The summed E-state index contributed by atoms with van der Waals surface area (Å²) in [5.74, 6) is 13.3. The van der Waals surface area contributed by atoms with Crippen LogP contribution in [-0.4, -0.2) is 64.9 Å². The van der Waals surface area contributed by atoms with Gasteiger partial charge in [-0.3, -0.25) is 0 Å². The molecule has 12 fully saturated rings. The van der Waals surface area contributed by atoms with Crippen LogP contribution in [0.25, 0.3) is 0 Å². The number of hydrogen-bond acceptors (Lipinski definition) is 0. The van der Waals surface area contributed by atoms with Gasteiger partial charge in [0.1, 0.15) is 0 Å². The molecular formula is C10H10B10. The zero-order valence-electron chi connectivity index (χ0n) is 11.5. The molecule has 0 aromatic heterocycles. The first-order valence-corrected chi connectivity index (χ1v) is 10.0. The summed E-state index contributed by atoms with van der Waals surface area (Å²) < 4.78 is 0. The lowest BCUT2D eigenvalue weighted by atomic mass is 8.81. The molecule has 12 aliphatic rings. The van der Waals surface area contributed by atoms with E-state index >= 15 is 0 Å². The number of rotatable bonds is 0. The molecular weight excluding hydrogens is 228 g/mol. The quantitative estimate of drug-likeness (QED) is 0.502. The van der Waals surface area contributed by atoms with Crippen molar-refractivity contribution in [1.29, 1.82) is 0 Å². The average molecular weight is 238 g/mol. The second kappa shape index (κ2) is 1.86. The topological polar surface area (TPSA) is 0 Å². The van der Waals surface area contributed by atoms with Crippen molar-refractivity contribution in [3.05, 3.63) is 0 Å². The van der Waals surface area contributed by atoms with E-state index in [0.717, 1.165) is 0 Å². The maximum atomic E-state index is 1.33. The minimum atomic E-state index is 1.33. The van der Waals surface area contributed by atoms with Gasteiger partial charge in [0.15, 0.2) is 0 Å². The smallest absolute Gasteiger partial charge is 0.0686 e. The summed E-state index contributed by atoms with van der Waals surface area (Å²) in [5, 5.41) is 0. The Balaban J connectivity index is 1.50. The van der Waals surface area contributed by atoms with E-state index in [1.165, 1.54) is 123 Å². The Morgan fingerprint density at radius 3 is 0.400 bits per heavy atom. The normalized spacial score (nSPS) is 72.0. The van der Waals surface area contributed by atoms with Crippen molar-refractivity contribution < 1.29 is 0 Å². The zero-order valence-corrected chi connectivity index (χ0v) is 11.5. The fourth-order valence-corrected chi connectivity index (χ4v) is 15.4. The van der Waals surface area contributed by atoms with Gasteiger partial charge >= 0.3 is 0 Å². The molecule has 0 amide bonds. The van der Waals surface area contributed by atoms with Gasteiger partial charge < -0.3 is 0 Å². The van der Waals surface area contributed by atoms with Crippen molar-refractivity contribution in [3.8, 4) is 0 Å². The van der Waals surface area contributed by atoms with Gasteiger partial charge in [-0.25, -0.2) is 0 Å². The summed E-state index contributed by atoms with van der Waals surface area (Å²) in [6.45, 7) is 13.3. The summed E-state index contributed by atoms with van der Waals surface area (Å²) >= 11 is 0. The van der Waals surface area contributed by atoms with E-state index < -0.39 is 0 Å². The van der Waals surface area contributed by atoms with Crippen LogP contribution in [0.15, 0.2) is 0 Å². The third-order valence-corrected chi connectivity index (χ3v) is 13.3. The van der Waals surface area contributed by atoms with Gasteiger partial charge in [0, 0.05) is 0 Å². The first-order valence-electron chi connectivity index (χ1n) is 10.0. The second-order valence-electron chi connectivity index (χ2n) is 11.5. The zero-order chi connectivity index (χ0) is 11.5. The lowest BCUT2D eigenvalue weighted by Crippen LogP contribution is -2.48. The molecule has 12 saturated heterocycles. The molecule has 10 heteroatoms. The SMILES string of the molecule is B12B3B4B5B1C1C6B7B8B9B%10B7C1C5C%10C4C9C3C8C26. The van der Waals surface area contributed by atoms with Crippen LogP contribution in [0.2, 0.25) is 58.2 Å². The molecule has 12 aliphatic heterocycles. The molecule has 0 spiro atoms. The molecule has 80 valence electrons. The Bertz CT molecular complexity index is 374. The second-order valence-corrected chi connectivity index (χ2v) is 11.5. The highest BCUT2D eigenvalue weighted by Gasteiger charge is 3.01. The Labute approximate surface area is 123 Å². The van der Waals surface area contributed by atoms with E-state index in [9.17, 15) is 0 Å². The molecule has 0 aromatic carbocycles. The molecule has 0 aliphatic carbocycles. The van der Waals surface area contributed by atoms with Crippen LogP contribution in [0, 0.1) is 0 Å². The van der Waals surface area contributed by atoms with Crippen molar-refractivity contribution in [2.45, 2.75) is 58.2 Å². The molecule has 0 atom stereocenters. The Morgan fingerprint density at radius 1 is 0.200 bits per heavy atom. The van der Waals surface area contributed by atoms with E-state index in [-0.39, 0.29) is 0 Å². The van der Waals surface area contributed by atoms with Crippen LogP contribution in [-0.2, 0) is 0 Å². The first-order chi connectivity index (χ1) is 10.0. The predicted octanol–water partition coefficient (Wildman–Crippen LogP) is -0.430. The Kier molecular flexibility index (Phi) is 0.788. The lowest BCUT2D eigenvalue weighted by molar-refractivity contribution is 0.555. The van der Waals surface area contributed by atoms with E-state index in [4.69, 9.17) is 0 Å².